The SMILES string of the molecule is Cc1cc2c3c(c1)N(c1cccc4c1oc1ccccc14)c1ccc(C(C)(C)C)cc1B3c1ccc(C(C)(C)C)cc1N2c1ccc(-c2cccc3c2oc2ccccc23)cc1. The van der Waals surface area contributed by atoms with Gasteiger partial charge in [-0.15, -0.1) is 0 Å². The summed E-state index contributed by atoms with van der Waals surface area (Å²) in [5.74, 6) is 0. The lowest BCUT2D eigenvalue weighted by molar-refractivity contribution is 0.590. The lowest BCUT2D eigenvalue weighted by atomic mass is 9.33. The van der Waals surface area contributed by atoms with E-state index in [0.717, 1.165) is 66.4 Å². The molecule has 0 fully saturated rings. The first-order valence-electron chi connectivity index (χ1n) is 21.9. The van der Waals surface area contributed by atoms with Gasteiger partial charge in [0.25, 0.3) is 6.71 Å². The summed E-state index contributed by atoms with van der Waals surface area (Å²) in [6.45, 7) is 16.1. The number of nitrogens with zero attached hydrogens (tertiary/aromatic N) is 2. The van der Waals surface area contributed by atoms with E-state index < -0.39 is 0 Å². The third kappa shape index (κ3) is 5.40. The number of para-hydroxylation sites is 4. The average molecular weight is 803 g/mol. The van der Waals surface area contributed by atoms with Crippen LogP contribution in [0.2, 0.25) is 0 Å². The minimum Gasteiger partial charge on any atom is -0.455 e. The van der Waals surface area contributed by atoms with Crippen LogP contribution in [-0.4, -0.2) is 6.71 Å². The van der Waals surface area contributed by atoms with Gasteiger partial charge in [0.2, 0.25) is 0 Å². The topological polar surface area (TPSA) is 32.8 Å². The molecule has 0 unspecified atom stereocenters. The normalized spacial score (nSPS) is 13.6. The molecule has 8 aromatic carbocycles. The van der Waals surface area contributed by atoms with Crippen LogP contribution in [0.4, 0.5) is 34.1 Å². The molecular formula is C57H47BN2O2. The number of hydrogen-bond acceptors (Lipinski definition) is 4. The molecule has 62 heavy (non-hydrogen) atoms. The van der Waals surface area contributed by atoms with E-state index in [1.807, 2.05) is 6.07 Å². The first kappa shape index (κ1) is 36.8. The Hall–Kier alpha value is -6.98. The van der Waals surface area contributed by atoms with Crippen LogP contribution in [0.15, 0.2) is 167 Å². The summed E-state index contributed by atoms with van der Waals surface area (Å²) in [6.07, 6.45) is 0. The van der Waals surface area contributed by atoms with Crippen molar-refractivity contribution >= 4 is 101 Å². The molecule has 0 N–H and O–H groups in total. The minimum atomic E-state index is -0.0419. The molecule has 4 nitrogen and oxygen atoms in total. The minimum absolute atomic E-state index is 0.00857. The Morgan fingerprint density at radius 1 is 0.435 bits per heavy atom. The Bertz CT molecular complexity index is 3470. The van der Waals surface area contributed by atoms with Gasteiger partial charge in [0, 0.05) is 55.5 Å². The largest absolute Gasteiger partial charge is 0.455 e. The Kier molecular flexibility index (Phi) is 7.73. The highest BCUT2D eigenvalue weighted by Crippen LogP contribution is 2.48. The van der Waals surface area contributed by atoms with Gasteiger partial charge in [-0.25, -0.2) is 0 Å². The van der Waals surface area contributed by atoms with Crippen LogP contribution < -0.4 is 26.2 Å². The molecule has 5 heteroatoms. The van der Waals surface area contributed by atoms with Crippen molar-refractivity contribution in [3.8, 4) is 11.1 Å². The molecule has 0 bridgehead atoms. The molecule has 0 aliphatic carbocycles. The summed E-state index contributed by atoms with van der Waals surface area (Å²) in [4.78, 5) is 5.01. The van der Waals surface area contributed by atoms with Crippen LogP contribution in [0.3, 0.4) is 0 Å². The predicted molar refractivity (Wildman–Crippen MR) is 263 cm³/mol. The zero-order valence-corrected chi connectivity index (χ0v) is 36.3. The first-order chi connectivity index (χ1) is 29.9. The molecule has 12 rings (SSSR count). The second kappa shape index (κ2) is 13.0. The van der Waals surface area contributed by atoms with Gasteiger partial charge in [-0.1, -0.05) is 145 Å². The number of rotatable bonds is 3. The lowest BCUT2D eigenvalue weighted by Crippen LogP contribution is -2.61. The summed E-state index contributed by atoms with van der Waals surface area (Å²) in [7, 11) is 0. The number of furan rings is 2. The van der Waals surface area contributed by atoms with Crippen molar-refractivity contribution in [1.29, 1.82) is 0 Å². The van der Waals surface area contributed by atoms with Crippen LogP contribution in [0, 0.1) is 6.92 Å². The van der Waals surface area contributed by atoms with Crippen molar-refractivity contribution in [2.24, 2.45) is 0 Å². The van der Waals surface area contributed by atoms with Crippen molar-refractivity contribution in [3.05, 3.63) is 174 Å². The molecule has 300 valence electrons. The van der Waals surface area contributed by atoms with Crippen molar-refractivity contribution in [2.45, 2.75) is 59.3 Å². The van der Waals surface area contributed by atoms with Gasteiger partial charge in [-0.2, -0.15) is 0 Å². The number of aryl methyl sites for hydroxylation is 1. The molecule has 0 atom stereocenters. The molecule has 4 heterocycles. The Morgan fingerprint density at radius 2 is 1.02 bits per heavy atom. The van der Waals surface area contributed by atoms with Gasteiger partial charge in [-0.05, 0) is 111 Å². The van der Waals surface area contributed by atoms with Crippen LogP contribution in [-0.2, 0) is 10.8 Å². The monoisotopic (exact) mass is 802 g/mol. The third-order valence-corrected chi connectivity index (χ3v) is 13.4. The Labute approximate surface area is 363 Å². The summed E-state index contributed by atoms with van der Waals surface area (Å²) >= 11 is 0. The Morgan fingerprint density at radius 3 is 1.71 bits per heavy atom. The average Bonchev–Trinajstić information content (AvgIpc) is 3.84. The first-order valence-corrected chi connectivity index (χ1v) is 21.9. The predicted octanol–water partition coefficient (Wildman–Crippen LogP) is 14.1. The van der Waals surface area contributed by atoms with Crippen molar-refractivity contribution in [1.82, 2.24) is 0 Å². The van der Waals surface area contributed by atoms with Gasteiger partial charge < -0.3 is 18.6 Å². The van der Waals surface area contributed by atoms with Gasteiger partial charge in [0.05, 0.1) is 5.69 Å². The van der Waals surface area contributed by atoms with Crippen LogP contribution in [0.1, 0.15) is 58.2 Å². The van der Waals surface area contributed by atoms with Gasteiger partial charge in [0.15, 0.2) is 5.58 Å². The number of anilines is 6. The maximum absolute atomic E-state index is 6.80. The van der Waals surface area contributed by atoms with E-state index in [0.29, 0.717) is 0 Å². The maximum atomic E-state index is 6.80. The smallest absolute Gasteiger partial charge is 0.252 e. The molecule has 2 aliphatic heterocycles. The van der Waals surface area contributed by atoms with Crippen LogP contribution >= 0.6 is 0 Å². The lowest BCUT2D eigenvalue weighted by Gasteiger charge is -2.45. The highest BCUT2D eigenvalue weighted by atomic mass is 16.3. The number of hydrogen-bond donors (Lipinski definition) is 0. The summed E-state index contributed by atoms with van der Waals surface area (Å²) in [5, 5.41) is 4.52. The van der Waals surface area contributed by atoms with E-state index in [4.69, 9.17) is 8.83 Å². The zero-order valence-electron chi connectivity index (χ0n) is 36.3. The molecular weight excluding hydrogens is 755 g/mol. The molecule has 10 aromatic rings. The summed E-state index contributed by atoms with van der Waals surface area (Å²) in [5.41, 5.74) is 20.4. The molecule has 0 saturated carbocycles. The molecule has 0 saturated heterocycles. The van der Waals surface area contributed by atoms with Crippen LogP contribution in [0.5, 0.6) is 0 Å². The fraction of sp³-hybridized carbons (Fsp3) is 0.158. The Balaban J connectivity index is 1.12. The van der Waals surface area contributed by atoms with Crippen molar-refractivity contribution in [2.75, 3.05) is 9.80 Å². The van der Waals surface area contributed by atoms with Gasteiger partial charge in [0.1, 0.15) is 16.7 Å². The highest BCUT2D eigenvalue weighted by molar-refractivity contribution is 7.00. The maximum Gasteiger partial charge on any atom is 0.252 e. The van der Waals surface area contributed by atoms with E-state index in [1.165, 1.54) is 55.8 Å². The molecule has 0 spiro atoms. The van der Waals surface area contributed by atoms with Crippen LogP contribution in [0.25, 0.3) is 55.0 Å². The second-order valence-corrected chi connectivity index (χ2v) is 19.4. The van der Waals surface area contributed by atoms with E-state index in [2.05, 4.69) is 210 Å². The fourth-order valence-corrected chi connectivity index (χ4v) is 10.3. The van der Waals surface area contributed by atoms with E-state index >= 15 is 0 Å². The molecule has 0 amide bonds. The van der Waals surface area contributed by atoms with Gasteiger partial charge in [-0.3, -0.25) is 0 Å². The van der Waals surface area contributed by atoms with E-state index in [9.17, 15) is 0 Å². The third-order valence-electron chi connectivity index (χ3n) is 13.4. The molecule has 2 aromatic heterocycles. The summed E-state index contributed by atoms with van der Waals surface area (Å²) in [6, 6.07) is 58.1. The molecule has 0 radical (unpaired) electrons. The molecule has 2 aliphatic rings. The summed E-state index contributed by atoms with van der Waals surface area (Å²) < 4.78 is 13.3. The van der Waals surface area contributed by atoms with E-state index in [1.54, 1.807) is 0 Å². The second-order valence-electron chi connectivity index (χ2n) is 19.4. The quantitative estimate of drug-likeness (QED) is 0.167. The zero-order chi connectivity index (χ0) is 42.2. The fourth-order valence-electron chi connectivity index (χ4n) is 10.3. The highest BCUT2D eigenvalue weighted by Gasteiger charge is 2.44. The van der Waals surface area contributed by atoms with Gasteiger partial charge >= 0.3 is 0 Å². The van der Waals surface area contributed by atoms with Crippen molar-refractivity contribution < 1.29 is 8.83 Å². The number of benzene rings is 8. The number of fused-ring (bicyclic) bond motifs is 10. The standard InChI is InChI=1S/C57H47BN2O2/c1-34-30-49-53-50(31-34)60(47-19-13-18-43-41-15-9-11-21-52(41)62-55(43)47)46-29-25-36(56(2,3)4)32-45(46)58(53)44-28-24-37(57(5,6)7)33-48(44)59(49)38-26-22-35(23-27-38)39-16-12-17-42-40-14-8-10-20-51(40)61-54(39)42/h8-33H,1-7H3. The van der Waals surface area contributed by atoms with Crippen molar-refractivity contribution in [3.63, 3.8) is 0 Å². The van der Waals surface area contributed by atoms with E-state index in [-0.39, 0.29) is 17.5 Å².